The van der Waals surface area contributed by atoms with Crippen molar-refractivity contribution in [3.05, 3.63) is 24.2 Å². The van der Waals surface area contributed by atoms with E-state index in [4.69, 9.17) is 4.42 Å². The summed E-state index contributed by atoms with van der Waals surface area (Å²) in [6.45, 7) is 5.45. The maximum absolute atomic E-state index is 12.8. The fourth-order valence-electron chi connectivity index (χ4n) is 4.85. The van der Waals surface area contributed by atoms with Crippen molar-refractivity contribution in [3.8, 4) is 0 Å². The van der Waals surface area contributed by atoms with Crippen LogP contribution in [0.1, 0.15) is 42.6 Å². The third-order valence-corrected chi connectivity index (χ3v) is 6.17. The van der Waals surface area contributed by atoms with Crippen LogP contribution in [0.2, 0.25) is 0 Å². The molecule has 2 aromatic rings. The molecular weight excluding hydrogens is 328 g/mol. The number of nitrogens with one attached hydrogen (secondary N) is 1. The zero-order valence-corrected chi connectivity index (χ0v) is 15.1. The molecule has 3 aliphatic heterocycles. The van der Waals surface area contributed by atoms with E-state index in [1.807, 2.05) is 12.3 Å². The molecule has 1 unspecified atom stereocenters. The summed E-state index contributed by atoms with van der Waals surface area (Å²) in [7, 11) is 0. The van der Waals surface area contributed by atoms with Gasteiger partial charge in [-0.05, 0) is 50.6 Å². The molecule has 26 heavy (non-hydrogen) atoms. The third kappa shape index (κ3) is 2.96. The summed E-state index contributed by atoms with van der Waals surface area (Å²) in [4.78, 5) is 21.9. The minimum atomic E-state index is -0.0646. The Labute approximate surface area is 153 Å². The number of fused-ring (bicyclic) bond motifs is 3. The molecule has 0 aromatic carbocycles. The molecule has 3 fully saturated rings. The standard InChI is InChI=1S/C20H26N4O2/c25-20(22-15-8-14-4-7-23(11-14)12-15)17-9-16-18(13-26-19(16)10-21-17)24-5-2-1-3-6-24/h9-10,13-15H,1-8,11-12H2,(H,22,25)/t14-,15+/m0/s1. The second kappa shape index (κ2) is 6.58. The number of pyridine rings is 1. The lowest BCUT2D eigenvalue weighted by molar-refractivity contribution is 0.0904. The number of anilines is 1. The summed E-state index contributed by atoms with van der Waals surface area (Å²) in [6.07, 6.45) is 9.58. The Bertz CT molecular complexity index is 799. The highest BCUT2D eigenvalue weighted by Gasteiger charge is 2.33. The van der Waals surface area contributed by atoms with Gasteiger partial charge in [0.1, 0.15) is 12.0 Å². The summed E-state index contributed by atoms with van der Waals surface area (Å²) >= 11 is 0. The van der Waals surface area contributed by atoms with Crippen LogP contribution in [0, 0.1) is 5.92 Å². The monoisotopic (exact) mass is 354 g/mol. The van der Waals surface area contributed by atoms with Crippen molar-refractivity contribution >= 4 is 22.6 Å². The Morgan fingerprint density at radius 1 is 1.19 bits per heavy atom. The quantitative estimate of drug-likeness (QED) is 0.918. The molecule has 3 aliphatic rings. The molecule has 0 radical (unpaired) electrons. The molecule has 2 bridgehead atoms. The number of hydrogen-bond acceptors (Lipinski definition) is 5. The average molecular weight is 354 g/mol. The van der Waals surface area contributed by atoms with E-state index in [0.717, 1.165) is 48.6 Å². The fraction of sp³-hybridized carbons (Fsp3) is 0.600. The number of carbonyl (C=O) groups is 1. The van der Waals surface area contributed by atoms with Gasteiger partial charge in [0.25, 0.3) is 5.91 Å². The van der Waals surface area contributed by atoms with Gasteiger partial charge >= 0.3 is 0 Å². The molecule has 0 aliphatic carbocycles. The lowest BCUT2D eigenvalue weighted by Gasteiger charge is -2.30. The topological polar surface area (TPSA) is 61.6 Å². The van der Waals surface area contributed by atoms with E-state index >= 15 is 0 Å². The van der Waals surface area contributed by atoms with E-state index in [1.165, 1.54) is 38.8 Å². The zero-order chi connectivity index (χ0) is 17.5. The fourth-order valence-corrected chi connectivity index (χ4v) is 4.85. The smallest absolute Gasteiger partial charge is 0.270 e. The molecule has 3 saturated heterocycles. The van der Waals surface area contributed by atoms with Crippen LogP contribution in [0.3, 0.4) is 0 Å². The van der Waals surface area contributed by atoms with Gasteiger partial charge in [-0.3, -0.25) is 4.79 Å². The number of aromatic nitrogens is 1. The predicted molar refractivity (Wildman–Crippen MR) is 100 cm³/mol. The van der Waals surface area contributed by atoms with Crippen molar-refractivity contribution < 1.29 is 9.21 Å². The number of furan rings is 1. The van der Waals surface area contributed by atoms with Gasteiger partial charge in [0.05, 0.1) is 11.9 Å². The van der Waals surface area contributed by atoms with E-state index in [-0.39, 0.29) is 11.9 Å². The summed E-state index contributed by atoms with van der Waals surface area (Å²) in [6, 6.07) is 2.14. The van der Waals surface area contributed by atoms with Crippen LogP contribution < -0.4 is 10.2 Å². The third-order valence-electron chi connectivity index (χ3n) is 6.17. The first-order valence-electron chi connectivity index (χ1n) is 9.92. The highest BCUT2D eigenvalue weighted by atomic mass is 16.3. The number of hydrogen-bond donors (Lipinski definition) is 1. The number of nitrogens with zero attached hydrogens (tertiary/aromatic N) is 3. The summed E-state index contributed by atoms with van der Waals surface area (Å²) in [5, 5.41) is 4.20. The second-order valence-electron chi connectivity index (χ2n) is 8.05. The van der Waals surface area contributed by atoms with Gasteiger partial charge < -0.3 is 19.5 Å². The molecule has 2 aromatic heterocycles. The van der Waals surface area contributed by atoms with Crippen LogP contribution in [-0.2, 0) is 0 Å². The second-order valence-corrected chi connectivity index (χ2v) is 8.05. The summed E-state index contributed by atoms with van der Waals surface area (Å²) < 4.78 is 5.68. The van der Waals surface area contributed by atoms with E-state index in [0.29, 0.717) is 5.69 Å². The van der Waals surface area contributed by atoms with Crippen molar-refractivity contribution in [2.75, 3.05) is 37.6 Å². The van der Waals surface area contributed by atoms with Crippen LogP contribution in [0.5, 0.6) is 0 Å². The van der Waals surface area contributed by atoms with Crippen LogP contribution in [0.25, 0.3) is 11.0 Å². The van der Waals surface area contributed by atoms with Gasteiger partial charge in [0.15, 0.2) is 5.58 Å². The molecule has 6 nitrogen and oxygen atoms in total. The van der Waals surface area contributed by atoms with Crippen molar-refractivity contribution in [3.63, 3.8) is 0 Å². The SMILES string of the molecule is O=C(N[C@@H]1C[C@@H]2CCN(C2)C1)c1cc2c(N3CCCCC3)coc2cn1. The summed E-state index contributed by atoms with van der Waals surface area (Å²) in [5.74, 6) is 0.675. The lowest BCUT2D eigenvalue weighted by Crippen LogP contribution is -2.47. The van der Waals surface area contributed by atoms with E-state index < -0.39 is 0 Å². The van der Waals surface area contributed by atoms with Gasteiger partial charge in [-0.1, -0.05) is 0 Å². The Hall–Kier alpha value is -2.08. The van der Waals surface area contributed by atoms with Crippen LogP contribution in [-0.4, -0.2) is 54.6 Å². The Balaban J connectivity index is 1.35. The van der Waals surface area contributed by atoms with Crippen molar-refractivity contribution in [1.82, 2.24) is 15.2 Å². The molecule has 6 heteroatoms. The Morgan fingerprint density at radius 2 is 2.08 bits per heavy atom. The van der Waals surface area contributed by atoms with Gasteiger partial charge in [-0.2, -0.15) is 0 Å². The van der Waals surface area contributed by atoms with Crippen LogP contribution in [0.15, 0.2) is 22.9 Å². The predicted octanol–water partition coefficient (Wildman–Crippen LogP) is 2.64. The highest BCUT2D eigenvalue weighted by molar-refractivity contribution is 5.99. The maximum atomic E-state index is 12.8. The van der Waals surface area contributed by atoms with E-state index in [1.54, 1.807) is 6.20 Å². The zero-order valence-electron chi connectivity index (χ0n) is 15.1. The number of carbonyl (C=O) groups excluding carboxylic acids is 1. The highest BCUT2D eigenvalue weighted by Crippen LogP contribution is 2.31. The molecule has 5 rings (SSSR count). The summed E-state index contributed by atoms with van der Waals surface area (Å²) in [5.41, 5.74) is 2.34. The molecule has 138 valence electrons. The average Bonchev–Trinajstić information content (AvgIpc) is 3.24. The normalized spacial score (nSPS) is 28.5. The largest absolute Gasteiger partial charge is 0.460 e. The molecule has 3 atom stereocenters. The van der Waals surface area contributed by atoms with Gasteiger partial charge in [0, 0.05) is 37.6 Å². The molecule has 1 amide bonds. The number of amides is 1. The van der Waals surface area contributed by atoms with E-state index in [9.17, 15) is 4.79 Å². The van der Waals surface area contributed by atoms with Gasteiger partial charge in [0.2, 0.25) is 0 Å². The first kappa shape index (κ1) is 16.1. The first-order valence-corrected chi connectivity index (χ1v) is 9.92. The molecule has 0 saturated carbocycles. The van der Waals surface area contributed by atoms with Crippen LogP contribution >= 0.6 is 0 Å². The Morgan fingerprint density at radius 3 is 2.92 bits per heavy atom. The molecule has 0 spiro atoms. The van der Waals surface area contributed by atoms with Gasteiger partial charge in [-0.15, -0.1) is 0 Å². The van der Waals surface area contributed by atoms with Crippen LogP contribution in [0.4, 0.5) is 5.69 Å². The molecule has 1 N–H and O–H groups in total. The van der Waals surface area contributed by atoms with Crippen molar-refractivity contribution in [1.29, 1.82) is 0 Å². The number of piperidine rings is 2. The first-order chi connectivity index (χ1) is 12.8. The molecule has 5 heterocycles. The lowest BCUT2D eigenvalue weighted by atomic mass is 9.97. The molecular formula is C20H26N4O2. The maximum Gasteiger partial charge on any atom is 0.270 e. The van der Waals surface area contributed by atoms with Crippen molar-refractivity contribution in [2.45, 2.75) is 38.1 Å². The minimum absolute atomic E-state index is 0.0646. The Kier molecular flexibility index (Phi) is 4.08. The van der Waals surface area contributed by atoms with Crippen molar-refractivity contribution in [2.24, 2.45) is 5.92 Å². The minimum Gasteiger partial charge on any atom is -0.460 e. The van der Waals surface area contributed by atoms with E-state index in [2.05, 4.69) is 20.1 Å². The number of rotatable bonds is 3. The van der Waals surface area contributed by atoms with Gasteiger partial charge in [-0.25, -0.2) is 4.98 Å².